The van der Waals surface area contributed by atoms with Gasteiger partial charge in [0.1, 0.15) is 5.82 Å². The topological polar surface area (TPSA) is 76.1 Å². The number of rotatable bonds is 4. The van der Waals surface area contributed by atoms with Gasteiger partial charge in [0.2, 0.25) is 0 Å². The normalized spacial score (nSPS) is 19.3. The summed E-state index contributed by atoms with van der Waals surface area (Å²) >= 11 is 0. The molecule has 23 heavy (non-hydrogen) atoms. The Labute approximate surface area is 134 Å². The molecule has 1 aromatic heterocycles. The van der Waals surface area contributed by atoms with Gasteiger partial charge in [0, 0.05) is 18.7 Å². The van der Waals surface area contributed by atoms with Crippen molar-refractivity contribution < 1.29 is 4.74 Å². The van der Waals surface area contributed by atoms with Crippen LogP contribution in [-0.4, -0.2) is 22.8 Å². The fraction of sp³-hybridized carbons (Fsp3) is 0.412. The average Bonchev–Trinajstić information content (AvgIpc) is 2.56. The Morgan fingerprint density at radius 1 is 1.30 bits per heavy atom. The molecule has 3 rings (SSSR count). The van der Waals surface area contributed by atoms with Crippen LogP contribution >= 0.6 is 0 Å². The van der Waals surface area contributed by atoms with Crippen molar-refractivity contribution in [2.75, 3.05) is 18.5 Å². The van der Waals surface area contributed by atoms with Gasteiger partial charge in [0.25, 0.3) is 5.56 Å². The first kappa shape index (κ1) is 15.6. The number of nitrogens with one attached hydrogen (secondary N) is 2. The lowest BCUT2D eigenvalue weighted by Gasteiger charge is -2.23. The van der Waals surface area contributed by atoms with Gasteiger partial charge in [0.05, 0.1) is 12.6 Å². The van der Waals surface area contributed by atoms with E-state index in [1.165, 1.54) is 10.6 Å². The molecule has 122 valence electrons. The Balaban J connectivity index is 1.82. The van der Waals surface area contributed by atoms with Crippen LogP contribution in [-0.2, 0) is 4.74 Å². The van der Waals surface area contributed by atoms with Gasteiger partial charge in [0.15, 0.2) is 0 Å². The SMILES string of the molecule is C[C@H](Nc1cc(=O)n([C@@H]2CCCOC2)c(=O)[nH]1)c1ccccc1. The largest absolute Gasteiger partial charge is 0.379 e. The number of H-pyrrole nitrogens is 1. The molecule has 1 aliphatic heterocycles. The van der Waals surface area contributed by atoms with E-state index in [-0.39, 0.29) is 17.6 Å². The summed E-state index contributed by atoms with van der Waals surface area (Å²) in [7, 11) is 0. The maximum atomic E-state index is 12.3. The molecule has 2 N–H and O–H groups in total. The Morgan fingerprint density at radius 3 is 2.74 bits per heavy atom. The van der Waals surface area contributed by atoms with Gasteiger partial charge in [-0.05, 0) is 25.3 Å². The monoisotopic (exact) mass is 315 g/mol. The minimum absolute atomic E-state index is 0.0138. The molecule has 1 saturated heterocycles. The number of hydrogen-bond acceptors (Lipinski definition) is 4. The van der Waals surface area contributed by atoms with Gasteiger partial charge >= 0.3 is 5.69 Å². The Hall–Kier alpha value is -2.34. The highest BCUT2D eigenvalue weighted by atomic mass is 16.5. The molecule has 2 heterocycles. The van der Waals surface area contributed by atoms with Crippen molar-refractivity contribution in [2.24, 2.45) is 0 Å². The molecule has 1 aromatic carbocycles. The second-order valence-electron chi connectivity index (χ2n) is 5.84. The molecule has 6 nitrogen and oxygen atoms in total. The summed E-state index contributed by atoms with van der Waals surface area (Å²) in [4.78, 5) is 27.4. The zero-order valence-corrected chi connectivity index (χ0v) is 13.1. The molecule has 1 aliphatic rings. The molecule has 0 bridgehead atoms. The predicted molar refractivity (Wildman–Crippen MR) is 88.9 cm³/mol. The summed E-state index contributed by atoms with van der Waals surface area (Å²) in [5.41, 5.74) is 0.390. The van der Waals surface area contributed by atoms with E-state index in [1.54, 1.807) is 0 Å². The van der Waals surface area contributed by atoms with Crippen LogP contribution < -0.4 is 16.6 Å². The Morgan fingerprint density at radius 2 is 2.09 bits per heavy atom. The maximum absolute atomic E-state index is 12.3. The highest BCUT2D eigenvalue weighted by molar-refractivity contribution is 5.36. The van der Waals surface area contributed by atoms with Crippen LogP contribution in [0.25, 0.3) is 0 Å². The first-order chi connectivity index (χ1) is 11.1. The lowest BCUT2D eigenvalue weighted by Crippen LogP contribution is -2.41. The number of benzene rings is 1. The van der Waals surface area contributed by atoms with E-state index < -0.39 is 5.69 Å². The van der Waals surface area contributed by atoms with Gasteiger partial charge < -0.3 is 10.1 Å². The third-order valence-electron chi connectivity index (χ3n) is 4.14. The quantitative estimate of drug-likeness (QED) is 0.905. The van der Waals surface area contributed by atoms with Crippen molar-refractivity contribution in [3.63, 3.8) is 0 Å². The summed E-state index contributed by atoms with van der Waals surface area (Å²) in [6, 6.07) is 11.1. The lowest BCUT2D eigenvalue weighted by molar-refractivity contribution is 0.0564. The zero-order valence-electron chi connectivity index (χ0n) is 13.1. The van der Waals surface area contributed by atoms with Crippen molar-refractivity contribution in [1.82, 2.24) is 9.55 Å². The second kappa shape index (κ2) is 6.83. The van der Waals surface area contributed by atoms with Crippen molar-refractivity contribution in [2.45, 2.75) is 31.8 Å². The summed E-state index contributed by atoms with van der Waals surface area (Å²) in [5.74, 6) is 0.435. The number of aromatic nitrogens is 2. The minimum Gasteiger partial charge on any atom is -0.379 e. The predicted octanol–water partition coefficient (Wildman–Crippen LogP) is 2.06. The van der Waals surface area contributed by atoms with E-state index in [1.807, 2.05) is 37.3 Å². The number of ether oxygens (including phenoxy) is 1. The molecule has 2 atom stereocenters. The van der Waals surface area contributed by atoms with E-state index in [0.717, 1.165) is 18.4 Å². The fourth-order valence-electron chi connectivity index (χ4n) is 2.91. The highest BCUT2D eigenvalue weighted by Gasteiger charge is 2.19. The van der Waals surface area contributed by atoms with Gasteiger partial charge in [-0.15, -0.1) is 0 Å². The van der Waals surface area contributed by atoms with Crippen molar-refractivity contribution in [1.29, 1.82) is 0 Å². The van der Waals surface area contributed by atoms with Gasteiger partial charge in [-0.1, -0.05) is 30.3 Å². The van der Waals surface area contributed by atoms with Gasteiger partial charge in [-0.2, -0.15) is 0 Å². The van der Waals surface area contributed by atoms with E-state index in [9.17, 15) is 9.59 Å². The van der Waals surface area contributed by atoms with Gasteiger partial charge in [-0.25, -0.2) is 4.79 Å². The lowest BCUT2D eigenvalue weighted by atomic mass is 10.1. The summed E-state index contributed by atoms with van der Waals surface area (Å²) in [6.07, 6.45) is 1.65. The van der Waals surface area contributed by atoms with Gasteiger partial charge in [-0.3, -0.25) is 14.3 Å². The van der Waals surface area contributed by atoms with E-state index in [4.69, 9.17) is 4.74 Å². The van der Waals surface area contributed by atoms with Crippen LogP contribution in [0.5, 0.6) is 0 Å². The molecule has 0 spiro atoms. The molecule has 0 unspecified atom stereocenters. The van der Waals surface area contributed by atoms with Crippen LogP contribution in [0.2, 0.25) is 0 Å². The first-order valence-corrected chi connectivity index (χ1v) is 7.90. The first-order valence-electron chi connectivity index (χ1n) is 7.90. The molecule has 2 aromatic rings. The fourth-order valence-corrected chi connectivity index (χ4v) is 2.91. The third kappa shape index (κ3) is 3.53. The zero-order chi connectivity index (χ0) is 16.2. The molecule has 0 radical (unpaired) electrons. The van der Waals surface area contributed by atoms with Crippen LogP contribution in [0, 0.1) is 0 Å². The molecule has 6 heteroatoms. The number of nitrogens with zero attached hydrogens (tertiary/aromatic N) is 1. The van der Waals surface area contributed by atoms with Crippen LogP contribution in [0.15, 0.2) is 46.0 Å². The average molecular weight is 315 g/mol. The van der Waals surface area contributed by atoms with Crippen LogP contribution in [0.1, 0.15) is 37.4 Å². The minimum atomic E-state index is -0.393. The number of anilines is 1. The number of aromatic amines is 1. The Kier molecular flexibility index (Phi) is 4.62. The summed E-state index contributed by atoms with van der Waals surface area (Å²) < 4.78 is 6.63. The molecule has 1 fully saturated rings. The van der Waals surface area contributed by atoms with E-state index >= 15 is 0 Å². The molecule has 0 amide bonds. The maximum Gasteiger partial charge on any atom is 0.330 e. The van der Waals surface area contributed by atoms with Crippen molar-refractivity contribution in [3.05, 3.63) is 62.8 Å². The van der Waals surface area contributed by atoms with E-state index in [2.05, 4.69) is 10.3 Å². The third-order valence-corrected chi connectivity index (χ3v) is 4.14. The standard InChI is InChI=1S/C17H21N3O3/c1-12(13-6-3-2-4-7-13)18-15-10-16(21)20(17(22)19-15)14-8-5-9-23-11-14/h2-4,6-7,10,12,14,18H,5,8-9,11H2,1H3,(H,19,22)/t12-,14+/m0/s1. The summed E-state index contributed by atoms with van der Waals surface area (Å²) in [5, 5.41) is 3.17. The molecular formula is C17H21N3O3. The molecular weight excluding hydrogens is 294 g/mol. The smallest absolute Gasteiger partial charge is 0.330 e. The second-order valence-corrected chi connectivity index (χ2v) is 5.84. The molecule has 0 aliphatic carbocycles. The number of hydrogen-bond donors (Lipinski definition) is 2. The van der Waals surface area contributed by atoms with Crippen LogP contribution in [0.3, 0.4) is 0 Å². The van der Waals surface area contributed by atoms with Crippen molar-refractivity contribution >= 4 is 5.82 Å². The Bertz CT molecular complexity index is 729. The van der Waals surface area contributed by atoms with E-state index in [0.29, 0.717) is 19.0 Å². The summed E-state index contributed by atoms with van der Waals surface area (Å²) in [6.45, 7) is 3.09. The highest BCUT2D eigenvalue weighted by Crippen LogP contribution is 2.18. The molecule has 0 saturated carbocycles. The van der Waals surface area contributed by atoms with Crippen LogP contribution in [0.4, 0.5) is 5.82 Å². The van der Waals surface area contributed by atoms with Crippen molar-refractivity contribution in [3.8, 4) is 0 Å².